The highest BCUT2D eigenvalue weighted by Crippen LogP contribution is 2.29. The number of aromatic nitrogens is 2. The zero-order valence-corrected chi connectivity index (χ0v) is 17.6. The third kappa shape index (κ3) is 4.48. The van der Waals surface area contributed by atoms with Crippen molar-refractivity contribution in [2.24, 2.45) is 0 Å². The van der Waals surface area contributed by atoms with E-state index >= 15 is 0 Å². The Labute approximate surface area is 180 Å². The van der Waals surface area contributed by atoms with Gasteiger partial charge in [-0.2, -0.15) is 4.98 Å². The number of carbonyl (C=O) groups is 1. The lowest BCUT2D eigenvalue weighted by molar-refractivity contribution is 0.102. The molecule has 0 aliphatic heterocycles. The Bertz CT molecular complexity index is 1180. The van der Waals surface area contributed by atoms with Gasteiger partial charge in [0.2, 0.25) is 5.82 Å². The van der Waals surface area contributed by atoms with E-state index in [1.807, 2.05) is 72.8 Å². The minimum absolute atomic E-state index is 0.197. The van der Waals surface area contributed by atoms with Crippen molar-refractivity contribution in [3.8, 4) is 28.6 Å². The molecule has 0 fully saturated rings. The Balaban J connectivity index is 1.57. The Morgan fingerprint density at radius 2 is 1.68 bits per heavy atom. The maximum atomic E-state index is 12.8. The Hall–Kier alpha value is -3.93. The van der Waals surface area contributed by atoms with Gasteiger partial charge in [-0.25, -0.2) is 0 Å². The second-order valence-electron chi connectivity index (χ2n) is 7.43. The fourth-order valence-electron chi connectivity index (χ4n) is 3.18. The zero-order chi connectivity index (χ0) is 21.8. The van der Waals surface area contributed by atoms with Crippen LogP contribution in [0.2, 0.25) is 0 Å². The van der Waals surface area contributed by atoms with Crippen molar-refractivity contribution in [3.63, 3.8) is 0 Å². The van der Waals surface area contributed by atoms with E-state index in [2.05, 4.69) is 29.3 Å². The van der Waals surface area contributed by atoms with E-state index in [1.165, 1.54) is 5.56 Å². The average Bonchev–Trinajstić information content (AvgIpc) is 3.29. The number of methoxy groups -OCH3 is 1. The van der Waals surface area contributed by atoms with Crippen molar-refractivity contribution in [1.82, 2.24) is 10.1 Å². The zero-order valence-electron chi connectivity index (χ0n) is 17.6. The van der Waals surface area contributed by atoms with Crippen LogP contribution in [0.3, 0.4) is 0 Å². The highest BCUT2D eigenvalue weighted by Gasteiger charge is 2.16. The number of carbonyl (C=O) groups excluding carboxylic acids is 1. The number of hydrogen-bond acceptors (Lipinski definition) is 5. The van der Waals surface area contributed by atoms with Gasteiger partial charge in [-0.15, -0.1) is 0 Å². The Kier molecular flexibility index (Phi) is 5.80. The van der Waals surface area contributed by atoms with Crippen LogP contribution in [-0.2, 0) is 0 Å². The first-order chi connectivity index (χ1) is 15.0. The molecule has 0 atom stereocenters. The lowest BCUT2D eigenvalue weighted by Gasteiger charge is -2.10. The minimum atomic E-state index is -0.197. The molecule has 3 aromatic carbocycles. The first kappa shape index (κ1) is 20.3. The number of rotatable bonds is 6. The molecule has 0 saturated carbocycles. The second kappa shape index (κ2) is 8.83. The van der Waals surface area contributed by atoms with Crippen molar-refractivity contribution < 1.29 is 14.1 Å². The van der Waals surface area contributed by atoms with E-state index in [4.69, 9.17) is 9.26 Å². The first-order valence-electron chi connectivity index (χ1n) is 10.0. The summed E-state index contributed by atoms with van der Waals surface area (Å²) in [4.78, 5) is 17.3. The number of nitrogens with one attached hydrogen (secondary N) is 1. The van der Waals surface area contributed by atoms with Gasteiger partial charge in [0.15, 0.2) is 0 Å². The van der Waals surface area contributed by atoms with Crippen LogP contribution in [-0.4, -0.2) is 23.2 Å². The van der Waals surface area contributed by atoms with Crippen LogP contribution in [0.15, 0.2) is 77.3 Å². The second-order valence-corrected chi connectivity index (χ2v) is 7.43. The van der Waals surface area contributed by atoms with Crippen LogP contribution in [0.25, 0.3) is 22.8 Å². The van der Waals surface area contributed by atoms with Gasteiger partial charge < -0.3 is 14.6 Å². The maximum Gasteiger partial charge on any atom is 0.260 e. The topological polar surface area (TPSA) is 77.3 Å². The first-order valence-corrected chi connectivity index (χ1v) is 10.0. The van der Waals surface area contributed by atoms with Crippen molar-refractivity contribution in [2.45, 2.75) is 19.8 Å². The Morgan fingerprint density at radius 3 is 2.35 bits per heavy atom. The molecule has 4 rings (SSSR count). The van der Waals surface area contributed by atoms with E-state index in [9.17, 15) is 4.79 Å². The molecule has 1 heterocycles. The van der Waals surface area contributed by atoms with Crippen LogP contribution in [0.5, 0.6) is 5.75 Å². The quantitative estimate of drug-likeness (QED) is 0.433. The smallest absolute Gasteiger partial charge is 0.260 e. The van der Waals surface area contributed by atoms with E-state index in [0.717, 1.165) is 11.3 Å². The van der Waals surface area contributed by atoms with E-state index in [-0.39, 0.29) is 5.91 Å². The van der Waals surface area contributed by atoms with Gasteiger partial charge in [0, 0.05) is 11.1 Å². The number of benzene rings is 3. The van der Waals surface area contributed by atoms with Crippen LogP contribution in [0, 0.1) is 0 Å². The molecule has 0 radical (unpaired) electrons. The number of amides is 1. The summed E-state index contributed by atoms with van der Waals surface area (Å²) in [5.74, 6) is 1.76. The number of nitrogens with zero attached hydrogens (tertiary/aromatic N) is 2. The molecule has 6 heteroatoms. The number of hydrogen-bond donors (Lipinski definition) is 1. The summed E-state index contributed by atoms with van der Waals surface area (Å²) < 4.78 is 10.7. The van der Waals surface area contributed by atoms with Crippen molar-refractivity contribution in [1.29, 1.82) is 0 Å². The molecule has 0 aliphatic rings. The monoisotopic (exact) mass is 413 g/mol. The molecule has 0 bridgehead atoms. The van der Waals surface area contributed by atoms with Gasteiger partial charge in [0.25, 0.3) is 11.8 Å². The predicted octanol–water partition coefficient (Wildman–Crippen LogP) is 5.79. The molecule has 1 N–H and O–H groups in total. The highest BCUT2D eigenvalue weighted by atomic mass is 16.5. The lowest BCUT2D eigenvalue weighted by atomic mass is 10.0. The van der Waals surface area contributed by atoms with Crippen LogP contribution in [0.4, 0.5) is 5.69 Å². The highest BCUT2D eigenvalue weighted by molar-refractivity contribution is 6.06. The largest absolute Gasteiger partial charge is 0.497 e. The SMILES string of the molecule is COc1ccc(-c2noc(-c3ccccc3NC(=O)c3ccc(C(C)C)cc3)n2)cc1. The van der Waals surface area contributed by atoms with Gasteiger partial charge >= 0.3 is 0 Å². The van der Waals surface area contributed by atoms with Gasteiger partial charge in [-0.05, 0) is 60.0 Å². The molecule has 1 aromatic heterocycles. The summed E-state index contributed by atoms with van der Waals surface area (Å²) in [7, 11) is 1.62. The molecule has 4 aromatic rings. The maximum absolute atomic E-state index is 12.8. The third-order valence-electron chi connectivity index (χ3n) is 5.02. The van der Waals surface area contributed by atoms with Crippen molar-refractivity contribution in [3.05, 3.63) is 83.9 Å². The summed E-state index contributed by atoms with van der Waals surface area (Å²) >= 11 is 0. The Morgan fingerprint density at radius 1 is 0.968 bits per heavy atom. The summed E-state index contributed by atoms with van der Waals surface area (Å²) in [6.45, 7) is 4.24. The minimum Gasteiger partial charge on any atom is -0.497 e. The third-order valence-corrected chi connectivity index (χ3v) is 5.02. The van der Waals surface area contributed by atoms with Crippen LogP contribution >= 0.6 is 0 Å². The fourth-order valence-corrected chi connectivity index (χ4v) is 3.18. The van der Waals surface area contributed by atoms with Gasteiger partial charge in [0.05, 0.1) is 18.4 Å². The van der Waals surface area contributed by atoms with Gasteiger partial charge in [0.1, 0.15) is 5.75 Å². The molecule has 0 spiro atoms. The van der Waals surface area contributed by atoms with Gasteiger partial charge in [-0.1, -0.05) is 43.3 Å². The molecule has 0 saturated heterocycles. The normalized spacial score (nSPS) is 10.8. The summed E-state index contributed by atoms with van der Waals surface area (Å²) in [5, 5.41) is 7.04. The lowest BCUT2D eigenvalue weighted by Crippen LogP contribution is -2.12. The predicted molar refractivity (Wildman–Crippen MR) is 120 cm³/mol. The molecule has 0 aliphatic carbocycles. The number of para-hydroxylation sites is 1. The molecular weight excluding hydrogens is 390 g/mol. The summed E-state index contributed by atoms with van der Waals surface area (Å²) in [5.41, 5.74) is 3.84. The average molecular weight is 413 g/mol. The molecule has 1 amide bonds. The number of anilines is 1. The van der Waals surface area contributed by atoms with Crippen LogP contribution in [0.1, 0.15) is 35.7 Å². The van der Waals surface area contributed by atoms with E-state index < -0.39 is 0 Å². The molecule has 156 valence electrons. The van der Waals surface area contributed by atoms with E-state index in [1.54, 1.807) is 7.11 Å². The van der Waals surface area contributed by atoms with Gasteiger partial charge in [-0.3, -0.25) is 4.79 Å². The molecule has 6 nitrogen and oxygen atoms in total. The summed E-state index contributed by atoms with van der Waals surface area (Å²) in [6, 6.07) is 22.4. The molecule has 0 unspecified atom stereocenters. The standard InChI is InChI=1S/C25H23N3O3/c1-16(2)17-8-10-19(11-9-17)24(29)26-22-7-5-4-6-21(22)25-27-23(28-31-25)18-12-14-20(30-3)15-13-18/h4-16H,1-3H3,(H,26,29). The van der Waals surface area contributed by atoms with Crippen molar-refractivity contribution >= 4 is 11.6 Å². The summed E-state index contributed by atoms with van der Waals surface area (Å²) in [6.07, 6.45) is 0. The van der Waals surface area contributed by atoms with E-state index in [0.29, 0.717) is 34.4 Å². The molecule has 31 heavy (non-hydrogen) atoms. The van der Waals surface area contributed by atoms with Crippen LogP contribution < -0.4 is 10.1 Å². The number of ether oxygens (including phenoxy) is 1. The molecular formula is C25H23N3O3. The fraction of sp³-hybridized carbons (Fsp3) is 0.160. The van der Waals surface area contributed by atoms with Crippen molar-refractivity contribution in [2.75, 3.05) is 12.4 Å².